The zero-order valence-corrected chi connectivity index (χ0v) is 16.1. The highest BCUT2D eigenvalue weighted by atomic mass is 19.1. The zero-order chi connectivity index (χ0) is 20.1. The minimum absolute atomic E-state index is 0.0261. The number of hydrogen-bond acceptors (Lipinski definition) is 3. The Balaban J connectivity index is 1.66. The Morgan fingerprint density at radius 2 is 1.71 bits per heavy atom. The molecule has 2 aromatic carbocycles. The van der Waals surface area contributed by atoms with Gasteiger partial charge in [-0.1, -0.05) is 43.3 Å². The normalized spacial score (nSPS) is 16.0. The number of halogens is 2. The third-order valence-corrected chi connectivity index (χ3v) is 4.56. The monoisotopic (exact) mass is 386 g/mol. The molecule has 0 unspecified atom stereocenters. The topological polar surface area (TPSA) is 41.9 Å². The second kappa shape index (κ2) is 8.95. The summed E-state index contributed by atoms with van der Waals surface area (Å²) in [5, 5.41) is 4.12. The van der Waals surface area contributed by atoms with E-state index in [-0.39, 0.29) is 29.6 Å². The van der Waals surface area contributed by atoms with E-state index in [9.17, 15) is 13.6 Å². The average molecular weight is 386 g/mol. The first-order chi connectivity index (χ1) is 13.4. The number of amides is 1. The molecule has 1 aliphatic rings. The summed E-state index contributed by atoms with van der Waals surface area (Å²) < 4.78 is 26.3. The van der Waals surface area contributed by atoms with Gasteiger partial charge in [0.2, 0.25) is 5.91 Å². The van der Waals surface area contributed by atoms with Crippen LogP contribution < -0.4 is 0 Å². The smallest absolute Gasteiger partial charge is 0.223 e. The van der Waals surface area contributed by atoms with Crippen molar-refractivity contribution < 1.29 is 18.4 Å². The number of benzene rings is 2. The first-order valence-corrected chi connectivity index (χ1v) is 9.41. The van der Waals surface area contributed by atoms with Gasteiger partial charge in [0.1, 0.15) is 11.6 Å². The molecular weight excluding hydrogens is 362 g/mol. The maximum absolute atomic E-state index is 13.2. The molecule has 0 saturated carbocycles. The van der Waals surface area contributed by atoms with Crippen molar-refractivity contribution in [1.82, 2.24) is 4.90 Å². The predicted molar refractivity (Wildman–Crippen MR) is 104 cm³/mol. The molecule has 1 amide bonds. The van der Waals surface area contributed by atoms with Crippen LogP contribution in [-0.4, -0.2) is 29.2 Å². The summed E-state index contributed by atoms with van der Waals surface area (Å²) >= 11 is 0. The van der Waals surface area contributed by atoms with Gasteiger partial charge in [-0.2, -0.15) is 0 Å². The Kier molecular flexibility index (Phi) is 6.39. The third kappa shape index (κ3) is 5.38. The number of carbonyl (C=O) groups excluding carboxylic acids is 1. The van der Waals surface area contributed by atoms with Crippen LogP contribution in [0, 0.1) is 17.6 Å². The first kappa shape index (κ1) is 20.0. The molecule has 1 atom stereocenters. The van der Waals surface area contributed by atoms with Gasteiger partial charge in [0.15, 0.2) is 6.10 Å². The van der Waals surface area contributed by atoms with Gasteiger partial charge in [-0.3, -0.25) is 4.79 Å². The van der Waals surface area contributed by atoms with Gasteiger partial charge in [0.05, 0.1) is 12.3 Å². The summed E-state index contributed by atoms with van der Waals surface area (Å²) in [5.41, 5.74) is 2.40. The lowest BCUT2D eigenvalue weighted by molar-refractivity contribution is -0.134. The molecule has 6 heteroatoms. The summed E-state index contributed by atoms with van der Waals surface area (Å²) in [7, 11) is 0. The Labute approximate surface area is 163 Å². The van der Waals surface area contributed by atoms with Crippen molar-refractivity contribution in [3.05, 3.63) is 71.3 Å². The summed E-state index contributed by atoms with van der Waals surface area (Å²) in [4.78, 5) is 20.0. The van der Waals surface area contributed by atoms with Gasteiger partial charge in [0, 0.05) is 19.4 Å². The van der Waals surface area contributed by atoms with Crippen LogP contribution in [0.15, 0.2) is 53.7 Å². The van der Waals surface area contributed by atoms with E-state index >= 15 is 0 Å². The van der Waals surface area contributed by atoms with Crippen molar-refractivity contribution in [3.63, 3.8) is 0 Å². The van der Waals surface area contributed by atoms with E-state index in [0.717, 1.165) is 16.8 Å². The number of hydrogen-bond donors (Lipinski definition) is 0. The lowest BCUT2D eigenvalue weighted by Crippen LogP contribution is -2.37. The summed E-state index contributed by atoms with van der Waals surface area (Å²) in [6, 6.07) is 12.3. The molecule has 0 aliphatic carbocycles. The lowest BCUT2D eigenvalue weighted by Gasteiger charge is -2.26. The van der Waals surface area contributed by atoms with E-state index in [1.54, 1.807) is 29.2 Å². The Bertz CT molecular complexity index is 833. The lowest BCUT2D eigenvalue weighted by atomic mass is 10.0. The van der Waals surface area contributed by atoms with Crippen LogP contribution in [0.3, 0.4) is 0 Å². The zero-order valence-electron chi connectivity index (χ0n) is 16.1. The molecular formula is C22H24F2N2O2. The van der Waals surface area contributed by atoms with Crippen molar-refractivity contribution in [2.45, 2.75) is 39.3 Å². The maximum Gasteiger partial charge on any atom is 0.223 e. The van der Waals surface area contributed by atoms with Crippen molar-refractivity contribution in [1.29, 1.82) is 0 Å². The maximum atomic E-state index is 13.2. The average Bonchev–Trinajstić information content (AvgIpc) is 3.11. The second-order valence-corrected chi connectivity index (χ2v) is 7.48. The highest BCUT2D eigenvalue weighted by Gasteiger charge is 2.27. The van der Waals surface area contributed by atoms with Crippen LogP contribution in [0.2, 0.25) is 0 Å². The fourth-order valence-corrected chi connectivity index (χ4v) is 3.13. The number of carbonyl (C=O) groups is 1. The molecule has 0 saturated heterocycles. The van der Waals surface area contributed by atoms with Crippen LogP contribution >= 0.6 is 0 Å². The van der Waals surface area contributed by atoms with Crippen LogP contribution in [-0.2, 0) is 16.2 Å². The van der Waals surface area contributed by atoms with E-state index in [2.05, 4.69) is 5.16 Å². The standard InChI is InChI=1S/C22H24F2N2O2/c1-15(2)11-22(27)26(13-16-3-7-18(23)8-4-16)14-20-12-21(25-28-20)17-5-9-19(24)10-6-17/h3-10,15,20H,11-14H2,1-2H3/t20-/m1/s1. The number of rotatable bonds is 7. The minimum atomic E-state index is -0.305. The molecule has 148 valence electrons. The molecule has 3 rings (SSSR count). The van der Waals surface area contributed by atoms with E-state index in [1.807, 2.05) is 13.8 Å². The molecule has 0 radical (unpaired) electrons. The second-order valence-electron chi connectivity index (χ2n) is 7.48. The van der Waals surface area contributed by atoms with Gasteiger partial charge >= 0.3 is 0 Å². The van der Waals surface area contributed by atoms with E-state index < -0.39 is 0 Å². The minimum Gasteiger partial charge on any atom is -0.390 e. The Morgan fingerprint density at radius 3 is 2.32 bits per heavy atom. The molecule has 1 aliphatic heterocycles. The SMILES string of the molecule is CC(C)CC(=O)N(Cc1ccc(F)cc1)C[C@H]1CC(c2ccc(F)cc2)=NO1. The van der Waals surface area contributed by atoms with Crippen molar-refractivity contribution >= 4 is 11.6 Å². The first-order valence-electron chi connectivity index (χ1n) is 9.41. The number of oxime groups is 1. The van der Waals surface area contributed by atoms with Crippen LogP contribution in [0.4, 0.5) is 8.78 Å². The van der Waals surface area contributed by atoms with Crippen LogP contribution in [0.1, 0.15) is 37.8 Å². The van der Waals surface area contributed by atoms with E-state index in [1.165, 1.54) is 24.3 Å². The van der Waals surface area contributed by atoms with Crippen LogP contribution in [0.25, 0.3) is 0 Å². The van der Waals surface area contributed by atoms with Crippen molar-refractivity contribution in [2.24, 2.45) is 11.1 Å². The van der Waals surface area contributed by atoms with Gasteiger partial charge in [-0.15, -0.1) is 0 Å². The number of nitrogens with zero attached hydrogens (tertiary/aromatic N) is 2. The fourth-order valence-electron chi connectivity index (χ4n) is 3.13. The predicted octanol–water partition coefficient (Wildman–Crippen LogP) is 4.53. The van der Waals surface area contributed by atoms with E-state index in [4.69, 9.17) is 4.84 Å². The van der Waals surface area contributed by atoms with Gasteiger partial charge < -0.3 is 9.74 Å². The van der Waals surface area contributed by atoms with Gasteiger partial charge in [0.25, 0.3) is 0 Å². The third-order valence-electron chi connectivity index (χ3n) is 4.56. The molecule has 28 heavy (non-hydrogen) atoms. The van der Waals surface area contributed by atoms with Crippen molar-refractivity contribution in [3.8, 4) is 0 Å². The highest BCUT2D eigenvalue weighted by Crippen LogP contribution is 2.20. The quantitative estimate of drug-likeness (QED) is 0.701. The Hall–Kier alpha value is -2.76. The molecule has 2 aromatic rings. The fraction of sp³-hybridized carbons (Fsp3) is 0.364. The highest BCUT2D eigenvalue weighted by molar-refractivity contribution is 6.01. The summed E-state index contributed by atoms with van der Waals surface area (Å²) in [6.07, 6.45) is 0.705. The molecule has 0 N–H and O–H groups in total. The largest absolute Gasteiger partial charge is 0.390 e. The van der Waals surface area contributed by atoms with Gasteiger partial charge in [-0.25, -0.2) is 8.78 Å². The molecule has 1 heterocycles. The van der Waals surface area contributed by atoms with Crippen LogP contribution in [0.5, 0.6) is 0 Å². The molecule has 0 bridgehead atoms. The Morgan fingerprint density at radius 1 is 1.11 bits per heavy atom. The summed E-state index contributed by atoms with van der Waals surface area (Å²) in [6.45, 7) is 4.76. The molecule has 0 fully saturated rings. The summed E-state index contributed by atoms with van der Waals surface area (Å²) in [5.74, 6) is -0.346. The molecule has 4 nitrogen and oxygen atoms in total. The van der Waals surface area contributed by atoms with Crippen molar-refractivity contribution in [2.75, 3.05) is 6.54 Å². The molecule has 0 aromatic heterocycles. The van der Waals surface area contributed by atoms with Gasteiger partial charge in [-0.05, 0) is 41.3 Å². The molecule has 0 spiro atoms. The van der Waals surface area contributed by atoms with E-state index in [0.29, 0.717) is 25.9 Å².